The summed E-state index contributed by atoms with van der Waals surface area (Å²) in [6.07, 6.45) is 1.47. The van der Waals surface area contributed by atoms with Crippen LogP contribution < -0.4 is 14.4 Å². The summed E-state index contributed by atoms with van der Waals surface area (Å²) in [5.74, 6) is 0.129. The van der Waals surface area contributed by atoms with Gasteiger partial charge in [0, 0.05) is 17.3 Å². The minimum Gasteiger partial charge on any atom is -0.507 e. The summed E-state index contributed by atoms with van der Waals surface area (Å²) in [6, 6.07) is 16.1. The Morgan fingerprint density at radius 1 is 1.03 bits per heavy atom. The first-order chi connectivity index (χ1) is 16.4. The van der Waals surface area contributed by atoms with Gasteiger partial charge in [0.05, 0.1) is 25.1 Å². The van der Waals surface area contributed by atoms with Gasteiger partial charge >= 0.3 is 0 Å². The predicted molar refractivity (Wildman–Crippen MR) is 128 cm³/mol. The highest BCUT2D eigenvalue weighted by molar-refractivity contribution is 6.51. The number of amides is 1. The number of benzene rings is 2. The highest BCUT2D eigenvalue weighted by Gasteiger charge is 2.48. The van der Waals surface area contributed by atoms with Crippen molar-refractivity contribution in [3.8, 4) is 11.5 Å². The standard InChI is InChI=1S/C27H27NO6/c1-4-32-21-8-5-7-19(15-21)28-24(22-9-6-14-33-22)23(26(30)27(28)31)25(29)18-10-12-20(13-11-18)34-16-17(2)3/h5-15,17,24,29H,4,16H2,1-3H3/b25-23-. The van der Waals surface area contributed by atoms with Crippen molar-refractivity contribution in [3.63, 3.8) is 0 Å². The van der Waals surface area contributed by atoms with E-state index < -0.39 is 17.7 Å². The molecule has 0 saturated carbocycles. The second-order valence-electron chi connectivity index (χ2n) is 8.34. The molecule has 1 fully saturated rings. The number of Topliss-reactive ketones (excluding diaryl/α,β-unsaturated/α-hetero) is 1. The maximum atomic E-state index is 13.2. The number of ether oxygens (including phenoxy) is 2. The van der Waals surface area contributed by atoms with E-state index in [9.17, 15) is 14.7 Å². The molecule has 0 bridgehead atoms. The summed E-state index contributed by atoms with van der Waals surface area (Å²) in [5, 5.41) is 11.2. The fourth-order valence-electron chi connectivity index (χ4n) is 3.83. The molecule has 1 aliphatic heterocycles. The largest absolute Gasteiger partial charge is 0.507 e. The zero-order valence-electron chi connectivity index (χ0n) is 19.4. The van der Waals surface area contributed by atoms with E-state index in [2.05, 4.69) is 13.8 Å². The molecular formula is C27H27NO6. The van der Waals surface area contributed by atoms with Crippen LogP contribution in [0.4, 0.5) is 5.69 Å². The van der Waals surface area contributed by atoms with Crippen LogP contribution in [-0.4, -0.2) is 30.0 Å². The second kappa shape index (κ2) is 9.87. The Kier molecular flexibility index (Phi) is 6.72. The first-order valence-corrected chi connectivity index (χ1v) is 11.2. The Bertz CT molecular complexity index is 1190. The van der Waals surface area contributed by atoms with E-state index in [1.54, 1.807) is 60.7 Å². The molecule has 2 heterocycles. The molecule has 3 aromatic rings. The third-order valence-electron chi connectivity index (χ3n) is 5.37. The van der Waals surface area contributed by atoms with Crippen molar-refractivity contribution in [3.05, 3.63) is 83.8 Å². The number of rotatable bonds is 8. The fraction of sp³-hybridized carbons (Fsp3) is 0.259. The van der Waals surface area contributed by atoms with Crippen LogP contribution in [0.25, 0.3) is 5.76 Å². The lowest BCUT2D eigenvalue weighted by molar-refractivity contribution is -0.132. The first-order valence-electron chi connectivity index (χ1n) is 11.2. The maximum absolute atomic E-state index is 13.2. The lowest BCUT2D eigenvalue weighted by Gasteiger charge is -2.23. The van der Waals surface area contributed by atoms with Crippen LogP contribution in [0.2, 0.25) is 0 Å². The van der Waals surface area contributed by atoms with E-state index in [0.29, 0.717) is 47.6 Å². The normalized spacial score (nSPS) is 17.4. The van der Waals surface area contributed by atoms with Crippen LogP contribution in [0.3, 0.4) is 0 Å². The van der Waals surface area contributed by atoms with Crippen molar-refractivity contribution in [2.75, 3.05) is 18.1 Å². The first kappa shape index (κ1) is 23.2. The van der Waals surface area contributed by atoms with Gasteiger partial charge in [0.25, 0.3) is 11.7 Å². The number of hydrogen-bond acceptors (Lipinski definition) is 6. The van der Waals surface area contributed by atoms with E-state index >= 15 is 0 Å². The van der Waals surface area contributed by atoms with Gasteiger partial charge in [-0.1, -0.05) is 19.9 Å². The molecule has 0 radical (unpaired) electrons. The SMILES string of the molecule is CCOc1cccc(N2C(=O)C(=O)/C(=C(\O)c3ccc(OCC(C)C)cc3)C2c2ccco2)c1. The Morgan fingerprint density at radius 3 is 2.44 bits per heavy atom. The number of aliphatic hydroxyl groups is 1. The number of ketones is 1. The Labute approximate surface area is 198 Å². The molecule has 0 spiro atoms. The minimum atomic E-state index is -0.927. The molecule has 2 aromatic carbocycles. The van der Waals surface area contributed by atoms with Gasteiger partial charge in [-0.05, 0) is 61.4 Å². The summed E-state index contributed by atoms with van der Waals surface area (Å²) in [6.45, 7) is 6.99. The van der Waals surface area contributed by atoms with Gasteiger partial charge in [-0.15, -0.1) is 0 Å². The zero-order valence-corrected chi connectivity index (χ0v) is 19.4. The third-order valence-corrected chi connectivity index (χ3v) is 5.37. The summed E-state index contributed by atoms with van der Waals surface area (Å²) < 4.78 is 16.9. The quantitative estimate of drug-likeness (QED) is 0.277. The van der Waals surface area contributed by atoms with Crippen LogP contribution >= 0.6 is 0 Å². The third kappa shape index (κ3) is 4.55. The Hall–Kier alpha value is -4.00. The summed E-state index contributed by atoms with van der Waals surface area (Å²) in [7, 11) is 0. The number of furan rings is 1. The van der Waals surface area contributed by atoms with Crippen LogP contribution in [0.5, 0.6) is 11.5 Å². The summed E-state index contributed by atoms with van der Waals surface area (Å²) in [4.78, 5) is 27.6. The molecule has 34 heavy (non-hydrogen) atoms. The molecule has 4 rings (SSSR count). The second-order valence-corrected chi connectivity index (χ2v) is 8.34. The van der Waals surface area contributed by atoms with Gasteiger partial charge in [0.2, 0.25) is 0 Å². The highest BCUT2D eigenvalue weighted by Crippen LogP contribution is 2.43. The molecule has 1 N–H and O–H groups in total. The van der Waals surface area contributed by atoms with Gasteiger partial charge in [0.1, 0.15) is 29.1 Å². The van der Waals surface area contributed by atoms with Crippen LogP contribution in [-0.2, 0) is 9.59 Å². The molecule has 1 amide bonds. The number of nitrogens with zero attached hydrogens (tertiary/aromatic N) is 1. The van der Waals surface area contributed by atoms with Crippen molar-refractivity contribution in [2.24, 2.45) is 5.92 Å². The van der Waals surface area contributed by atoms with E-state index in [0.717, 1.165) is 0 Å². The van der Waals surface area contributed by atoms with E-state index in [4.69, 9.17) is 13.9 Å². The van der Waals surface area contributed by atoms with E-state index in [1.165, 1.54) is 11.2 Å². The van der Waals surface area contributed by atoms with Crippen molar-refractivity contribution < 1.29 is 28.6 Å². The number of carbonyl (C=O) groups excluding carboxylic acids is 2. The van der Waals surface area contributed by atoms with E-state index in [-0.39, 0.29) is 11.3 Å². The topological polar surface area (TPSA) is 89.2 Å². The monoisotopic (exact) mass is 461 g/mol. The average Bonchev–Trinajstić information content (AvgIpc) is 3.45. The molecule has 176 valence electrons. The van der Waals surface area contributed by atoms with Crippen molar-refractivity contribution in [2.45, 2.75) is 26.8 Å². The Balaban J connectivity index is 1.77. The van der Waals surface area contributed by atoms with Crippen molar-refractivity contribution >= 4 is 23.1 Å². The summed E-state index contributed by atoms with van der Waals surface area (Å²) >= 11 is 0. The fourth-order valence-corrected chi connectivity index (χ4v) is 3.83. The molecule has 1 aromatic heterocycles. The van der Waals surface area contributed by atoms with Crippen LogP contribution in [0, 0.1) is 5.92 Å². The van der Waals surface area contributed by atoms with Gasteiger partial charge < -0.3 is 19.0 Å². The molecule has 1 saturated heterocycles. The summed E-state index contributed by atoms with van der Waals surface area (Å²) in [5.41, 5.74) is 0.818. The Morgan fingerprint density at radius 2 is 1.79 bits per heavy atom. The van der Waals surface area contributed by atoms with Crippen molar-refractivity contribution in [1.29, 1.82) is 0 Å². The van der Waals surface area contributed by atoms with E-state index in [1.807, 2.05) is 6.92 Å². The lowest BCUT2D eigenvalue weighted by Crippen LogP contribution is -2.29. The molecule has 0 aliphatic carbocycles. The predicted octanol–water partition coefficient (Wildman–Crippen LogP) is 5.34. The maximum Gasteiger partial charge on any atom is 0.300 e. The molecule has 7 nitrogen and oxygen atoms in total. The van der Waals surface area contributed by atoms with Gasteiger partial charge in [-0.25, -0.2) is 0 Å². The van der Waals surface area contributed by atoms with Gasteiger partial charge in [-0.3, -0.25) is 14.5 Å². The highest BCUT2D eigenvalue weighted by atomic mass is 16.5. The molecule has 1 unspecified atom stereocenters. The van der Waals surface area contributed by atoms with Crippen molar-refractivity contribution in [1.82, 2.24) is 0 Å². The number of hydrogen-bond donors (Lipinski definition) is 1. The number of carbonyl (C=O) groups is 2. The van der Waals surface area contributed by atoms with Crippen LogP contribution in [0.15, 0.2) is 76.9 Å². The average molecular weight is 462 g/mol. The minimum absolute atomic E-state index is 0.0439. The van der Waals surface area contributed by atoms with Gasteiger partial charge in [-0.2, -0.15) is 0 Å². The van der Waals surface area contributed by atoms with Crippen LogP contribution in [0.1, 0.15) is 38.1 Å². The number of aliphatic hydroxyl groups excluding tert-OH is 1. The number of anilines is 1. The molecule has 7 heteroatoms. The molecule has 1 aliphatic rings. The zero-order chi connectivity index (χ0) is 24.2. The lowest BCUT2D eigenvalue weighted by atomic mass is 9.99. The van der Waals surface area contributed by atoms with Gasteiger partial charge in [0.15, 0.2) is 0 Å². The smallest absolute Gasteiger partial charge is 0.300 e. The molecule has 1 atom stereocenters. The molecular weight excluding hydrogens is 434 g/mol.